The Hall–Kier alpha value is -2.16. The molecule has 0 saturated heterocycles. The lowest BCUT2D eigenvalue weighted by Crippen LogP contribution is -2.35. The van der Waals surface area contributed by atoms with Gasteiger partial charge in [0.15, 0.2) is 0 Å². The minimum atomic E-state index is 0.0221. The maximum absolute atomic E-state index is 12.6. The average Bonchev–Trinajstić information content (AvgIpc) is 2.53. The van der Waals surface area contributed by atoms with Gasteiger partial charge in [0.25, 0.3) is 5.91 Å². The second-order valence-corrected chi connectivity index (χ2v) is 4.64. The Labute approximate surface area is 120 Å². The van der Waals surface area contributed by atoms with Crippen LogP contribution in [0.4, 0.5) is 0 Å². The Kier molecular flexibility index (Phi) is 4.88. The quantitative estimate of drug-likeness (QED) is 0.828. The van der Waals surface area contributed by atoms with Crippen LogP contribution in [0.3, 0.4) is 0 Å². The van der Waals surface area contributed by atoms with Gasteiger partial charge in [0, 0.05) is 18.3 Å². The molecule has 0 bridgehead atoms. The summed E-state index contributed by atoms with van der Waals surface area (Å²) >= 11 is 0. The van der Waals surface area contributed by atoms with Gasteiger partial charge in [0.2, 0.25) is 0 Å². The summed E-state index contributed by atoms with van der Waals surface area (Å²) in [6.45, 7) is 4.76. The molecule has 0 aliphatic heterocycles. The SMILES string of the molecule is CCC(c1ccccn1)N(CC)C(=O)c1ccccc1. The average molecular weight is 268 g/mol. The van der Waals surface area contributed by atoms with Crippen molar-refractivity contribution in [3.05, 3.63) is 66.0 Å². The van der Waals surface area contributed by atoms with E-state index in [1.807, 2.05) is 60.4 Å². The normalized spacial score (nSPS) is 11.9. The third-order valence-electron chi connectivity index (χ3n) is 3.41. The lowest BCUT2D eigenvalue weighted by Gasteiger charge is -2.30. The summed E-state index contributed by atoms with van der Waals surface area (Å²) in [7, 11) is 0. The van der Waals surface area contributed by atoms with Gasteiger partial charge in [-0.25, -0.2) is 0 Å². The van der Waals surface area contributed by atoms with Crippen molar-refractivity contribution in [3.8, 4) is 0 Å². The van der Waals surface area contributed by atoms with E-state index in [4.69, 9.17) is 0 Å². The Bertz CT molecular complexity index is 539. The molecule has 1 amide bonds. The lowest BCUT2D eigenvalue weighted by molar-refractivity contribution is 0.0679. The molecular weight excluding hydrogens is 248 g/mol. The van der Waals surface area contributed by atoms with Gasteiger partial charge in [-0.3, -0.25) is 9.78 Å². The molecular formula is C17H20N2O. The highest BCUT2D eigenvalue weighted by molar-refractivity contribution is 5.94. The van der Waals surface area contributed by atoms with Crippen molar-refractivity contribution in [2.45, 2.75) is 26.3 Å². The number of nitrogens with zero attached hydrogens (tertiary/aromatic N) is 2. The fourth-order valence-corrected chi connectivity index (χ4v) is 2.41. The van der Waals surface area contributed by atoms with Crippen LogP contribution in [-0.4, -0.2) is 22.3 Å². The summed E-state index contributed by atoms with van der Waals surface area (Å²) in [4.78, 5) is 18.9. The highest BCUT2D eigenvalue weighted by Crippen LogP contribution is 2.24. The third-order valence-corrected chi connectivity index (χ3v) is 3.41. The van der Waals surface area contributed by atoms with Crippen LogP contribution in [0.2, 0.25) is 0 Å². The molecule has 2 aromatic rings. The molecule has 1 aromatic heterocycles. The lowest BCUT2D eigenvalue weighted by atomic mass is 10.1. The number of carbonyl (C=O) groups excluding carboxylic acids is 1. The highest BCUT2D eigenvalue weighted by atomic mass is 16.2. The van der Waals surface area contributed by atoms with Crippen molar-refractivity contribution < 1.29 is 4.79 Å². The predicted octanol–water partition coefficient (Wildman–Crippen LogP) is 3.70. The number of rotatable bonds is 5. The minimum Gasteiger partial charge on any atom is -0.330 e. The van der Waals surface area contributed by atoms with Crippen LogP contribution in [-0.2, 0) is 0 Å². The third kappa shape index (κ3) is 3.05. The molecule has 0 spiro atoms. The van der Waals surface area contributed by atoms with Crippen molar-refractivity contribution in [2.24, 2.45) is 0 Å². The molecule has 104 valence electrons. The van der Waals surface area contributed by atoms with Crippen molar-refractivity contribution in [1.82, 2.24) is 9.88 Å². The van der Waals surface area contributed by atoms with Gasteiger partial charge in [-0.05, 0) is 37.6 Å². The standard InChI is InChI=1S/C17H20N2O/c1-3-16(15-12-8-9-13-18-15)19(4-2)17(20)14-10-6-5-7-11-14/h5-13,16H,3-4H2,1-2H3. The molecule has 0 aliphatic carbocycles. The molecule has 20 heavy (non-hydrogen) atoms. The fraction of sp³-hybridized carbons (Fsp3) is 0.294. The number of aromatic nitrogens is 1. The Morgan fingerprint density at radius 2 is 1.80 bits per heavy atom. The first kappa shape index (κ1) is 14.3. The summed E-state index contributed by atoms with van der Waals surface area (Å²) in [5.74, 6) is 0.0607. The number of hydrogen-bond donors (Lipinski definition) is 0. The molecule has 0 fully saturated rings. The zero-order valence-corrected chi connectivity index (χ0v) is 12.0. The largest absolute Gasteiger partial charge is 0.330 e. The monoisotopic (exact) mass is 268 g/mol. The van der Waals surface area contributed by atoms with Crippen molar-refractivity contribution in [3.63, 3.8) is 0 Å². The zero-order chi connectivity index (χ0) is 14.4. The molecule has 0 aliphatic rings. The van der Waals surface area contributed by atoms with E-state index in [1.54, 1.807) is 6.20 Å². The first-order chi connectivity index (χ1) is 9.77. The van der Waals surface area contributed by atoms with Gasteiger partial charge in [-0.1, -0.05) is 31.2 Å². The molecule has 0 saturated carbocycles. The van der Waals surface area contributed by atoms with Crippen LogP contribution in [0.1, 0.15) is 42.4 Å². The van der Waals surface area contributed by atoms with Gasteiger partial charge in [-0.2, -0.15) is 0 Å². The van der Waals surface area contributed by atoms with Gasteiger partial charge in [0.05, 0.1) is 11.7 Å². The van der Waals surface area contributed by atoms with E-state index >= 15 is 0 Å². The van der Waals surface area contributed by atoms with Gasteiger partial charge >= 0.3 is 0 Å². The molecule has 0 radical (unpaired) electrons. The zero-order valence-electron chi connectivity index (χ0n) is 12.0. The smallest absolute Gasteiger partial charge is 0.254 e. The first-order valence-electron chi connectivity index (χ1n) is 7.04. The first-order valence-corrected chi connectivity index (χ1v) is 7.04. The van der Waals surface area contributed by atoms with Crippen LogP contribution in [0.15, 0.2) is 54.7 Å². The van der Waals surface area contributed by atoms with Crippen molar-refractivity contribution in [1.29, 1.82) is 0 Å². The number of hydrogen-bond acceptors (Lipinski definition) is 2. The van der Waals surface area contributed by atoms with Crippen molar-refractivity contribution in [2.75, 3.05) is 6.54 Å². The molecule has 3 heteroatoms. The van der Waals surface area contributed by atoms with E-state index in [0.29, 0.717) is 6.54 Å². The van der Waals surface area contributed by atoms with Crippen LogP contribution >= 0.6 is 0 Å². The number of amides is 1. The molecule has 2 rings (SSSR count). The highest BCUT2D eigenvalue weighted by Gasteiger charge is 2.24. The maximum atomic E-state index is 12.6. The second-order valence-electron chi connectivity index (χ2n) is 4.64. The Morgan fingerprint density at radius 3 is 2.35 bits per heavy atom. The van der Waals surface area contributed by atoms with Gasteiger partial charge in [-0.15, -0.1) is 0 Å². The van der Waals surface area contributed by atoms with E-state index in [2.05, 4.69) is 11.9 Å². The molecule has 1 atom stereocenters. The molecule has 3 nitrogen and oxygen atoms in total. The summed E-state index contributed by atoms with van der Waals surface area (Å²) in [5, 5.41) is 0. The number of benzene rings is 1. The summed E-state index contributed by atoms with van der Waals surface area (Å²) in [6, 6.07) is 15.3. The number of pyridine rings is 1. The summed E-state index contributed by atoms with van der Waals surface area (Å²) in [6.07, 6.45) is 2.63. The maximum Gasteiger partial charge on any atom is 0.254 e. The topological polar surface area (TPSA) is 33.2 Å². The van der Waals surface area contributed by atoms with Crippen LogP contribution in [0.25, 0.3) is 0 Å². The van der Waals surface area contributed by atoms with Crippen LogP contribution in [0, 0.1) is 0 Å². The van der Waals surface area contributed by atoms with Gasteiger partial charge < -0.3 is 4.90 Å². The predicted molar refractivity (Wildman–Crippen MR) is 80.4 cm³/mol. The fourth-order valence-electron chi connectivity index (χ4n) is 2.41. The van der Waals surface area contributed by atoms with Crippen LogP contribution in [0.5, 0.6) is 0 Å². The molecule has 1 aromatic carbocycles. The molecule has 1 unspecified atom stereocenters. The van der Waals surface area contributed by atoms with E-state index < -0.39 is 0 Å². The minimum absolute atomic E-state index is 0.0221. The Balaban J connectivity index is 2.29. The Morgan fingerprint density at radius 1 is 1.10 bits per heavy atom. The van der Waals surface area contributed by atoms with E-state index in [-0.39, 0.29) is 11.9 Å². The van der Waals surface area contributed by atoms with Crippen LogP contribution < -0.4 is 0 Å². The second kappa shape index (κ2) is 6.85. The number of carbonyl (C=O) groups is 1. The van der Waals surface area contributed by atoms with Gasteiger partial charge in [0.1, 0.15) is 0 Å². The molecule has 1 heterocycles. The van der Waals surface area contributed by atoms with E-state index in [9.17, 15) is 4.79 Å². The van der Waals surface area contributed by atoms with E-state index in [1.165, 1.54) is 0 Å². The van der Waals surface area contributed by atoms with Crippen molar-refractivity contribution >= 4 is 5.91 Å². The molecule has 0 N–H and O–H groups in total. The summed E-state index contributed by atoms with van der Waals surface area (Å²) < 4.78 is 0. The summed E-state index contributed by atoms with van der Waals surface area (Å²) in [5.41, 5.74) is 1.67. The van der Waals surface area contributed by atoms with E-state index in [0.717, 1.165) is 17.7 Å².